The minimum Gasteiger partial charge on any atom is -0.413 e. The molecular formula is C20H40O5Si. The van der Waals surface area contributed by atoms with E-state index in [1.165, 1.54) is 0 Å². The van der Waals surface area contributed by atoms with E-state index in [1.807, 2.05) is 13.8 Å². The number of carbonyl (C=O) groups excluding carboxylic acids is 1. The molecule has 0 bridgehead atoms. The van der Waals surface area contributed by atoms with E-state index in [4.69, 9.17) is 18.6 Å². The maximum absolute atomic E-state index is 12.2. The van der Waals surface area contributed by atoms with Crippen LogP contribution in [0.5, 0.6) is 0 Å². The Morgan fingerprint density at radius 1 is 1.15 bits per heavy atom. The Kier molecular flexibility index (Phi) is 10.5. The fourth-order valence-electron chi connectivity index (χ4n) is 2.66. The third kappa shape index (κ3) is 6.89. The van der Waals surface area contributed by atoms with Crippen LogP contribution in [0.3, 0.4) is 0 Å². The van der Waals surface area contributed by atoms with Crippen LogP contribution in [0.2, 0.25) is 18.1 Å². The maximum atomic E-state index is 12.2. The van der Waals surface area contributed by atoms with Crippen LogP contribution in [0, 0.1) is 11.8 Å². The molecule has 0 radical (unpaired) electrons. The van der Waals surface area contributed by atoms with Crippen molar-refractivity contribution in [1.29, 1.82) is 0 Å². The van der Waals surface area contributed by atoms with Crippen LogP contribution in [-0.2, 0) is 23.4 Å². The van der Waals surface area contributed by atoms with E-state index in [2.05, 4.69) is 40.4 Å². The molecule has 0 aromatic heterocycles. The van der Waals surface area contributed by atoms with E-state index in [9.17, 15) is 4.79 Å². The lowest BCUT2D eigenvalue weighted by atomic mass is 9.85. The molecule has 0 saturated heterocycles. The summed E-state index contributed by atoms with van der Waals surface area (Å²) in [6.07, 6.45) is 0.810. The van der Waals surface area contributed by atoms with Crippen molar-refractivity contribution in [3.63, 3.8) is 0 Å². The third-order valence-electron chi connectivity index (χ3n) is 5.61. The first-order valence-corrected chi connectivity index (χ1v) is 12.2. The summed E-state index contributed by atoms with van der Waals surface area (Å²) in [5.74, 6) is -0.213. The van der Waals surface area contributed by atoms with Crippen molar-refractivity contribution < 1.29 is 23.4 Å². The molecule has 5 atom stereocenters. The van der Waals surface area contributed by atoms with Gasteiger partial charge in [0.05, 0.1) is 12.2 Å². The van der Waals surface area contributed by atoms with Gasteiger partial charge >= 0.3 is 0 Å². The molecular weight excluding hydrogens is 348 g/mol. The maximum Gasteiger partial charge on any atom is 0.192 e. The zero-order valence-corrected chi connectivity index (χ0v) is 19.4. The second-order valence-electron chi connectivity index (χ2n) is 8.58. The number of hydrogen-bond acceptors (Lipinski definition) is 5. The van der Waals surface area contributed by atoms with Crippen LogP contribution < -0.4 is 0 Å². The molecule has 0 N–H and O–H groups in total. The van der Waals surface area contributed by atoms with Crippen LogP contribution in [0.15, 0.2) is 12.7 Å². The Morgan fingerprint density at radius 2 is 1.69 bits per heavy atom. The van der Waals surface area contributed by atoms with Crippen LogP contribution in [0.25, 0.3) is 0 Å². The molecule has 5 nitrogen and oxygen atoms in total. The summed E-state index contributed by atoms with van der Waals surface area (Å²) < 4.78 is 23.2. The van der Waals surface area contributed by atoms with Crippen molar-refractivity contribution in [2.75, 3.05) is 21.0 Å². The van der Waals surface area contributed by atoms with E-state index in [0.29, 0.717) is 0 Å². The van der Waals surface area contributed by atoms with E-state index in [0.717, 1.165) is 0 Å². The number of carbonyl (C=O) groups is 1. The largest absolute Gasteiger partial charge is 0.413 e. The first-order chi connectivity index (χ1) is 11.8. The van der Waals surface area contributed by atoms with Crippen LogP contribution in [0.4, 0.5) is 0 Å². The highest BCUT2D eigenvalue weighted by molar-refractivity contribution is 6.74. The number of methoxy groups -OCH3 is 2. The summed E-state index contributed by atoms with van der Waals surface area (Å²) in [4.78, 5) is 12.2. The summed E-state index contributed by atoms with van der Waals surface area (Å²) in [5, 5.41) is 0.0451. The molecule has 0 aromatic rings. The number of ether oxygens (including phenoxy) is 3. The van der Waals surface area contributed by atoms with Gasteiger partial charge in [-0.15, -0.1) is 6.58 Å². The molecule has 0 heterocycles. The first kappa shape index (κ1) is 25.5. The van der Waals surface area contributed by atoms with Crippen LogP contribution in [0.1, 0.15) is 41.5 Å². The zero-order chi connectivity index (χ0) is 20.7. The predicted octanol–water partition coefficient (Wildman–Crippen LogP) is 4.43. The highest BCUT2D eigenvalue weighted by Gasteiger charge is 2.44. The topological polar surface area (TPSA) is 54.0 Å². The SMILES string of the molecule is C=C[C@H](OC)[C@H](OCOC)[C@@H](C)[C@@H](O[Si](C)(C)C(C)(C)C)[C@H](C)C(C)=O. The summed E-state index contributed by atoms with van der Waals surface area (Å²) in [6, 6.07) is 0. The van der Waals surface area contributed by atoms with Gasteiger partial charge in [-0.1, -0.05) is 40.7 Å². The number of Topliss-reactive ketones (excluding diaryl/α,β-unsaturated/α-hetero) is 1. The molecule has 0 saturated carbocycles. The van der Waals surface area contributed by atoms with Crippen molar-refractivity contribution in [2.45, 2.75) is 78.0 Å². The van der Waals surface area contributed by atoms with Gasteiger partial charge in [-0.2, -0.15) is 0 Å². The average Bonchev–Trinajstić information content (AvgIpc) is 2.54. The lowest BCUT2D eigenvalue weighted by Gasteiger charge is -2.44. The van der Waals surface area contributed by atoms with E-state index >= 15 is 0 Å². The quantitative estimate of drug-likeness (QED) is 0.281. The lowest BCUT2D eigenvalue weighted by molar-refractivity contribution is -0.149. The zero-order valence-electron chi connectivity index (χ0n) is 18.4. The molecule has 0 amide bonds. The van der Waals surface area contributed by atoms with Gasteiger partial charge in [-0.25, -0.2) is 0 Å². The predicted molar refractivity (Wildman–Crippen MR) is 109 cm³/mol. The smallest absolute Gasteiger partial charge is 0.192 e. The minimum absolute atomic E-state index is 0.0451. The fraction of sp³-hybridized carbons (Fsp3) is 0.850. The summed E-state index contributed by atoms with van der Waals surface area (Å²) in [5.41, 5.74) is 0. The summed E-state index contributed by atoms with van der Waals surface area (Å²) in [7, 11) is 1.13. The number of ketones is 1. The van der Waals surface area contributed by atoms with Gasteiger partial charge in [0.1, 0.15) is 18.7 Å². The van der Waals surface area contributed by atoms with E-state index in [-0.39, 0.29) is 47.8 Å². The highest BCUT2D eigenvalue weighted by Crippen LogP contribution is 2.40. The Hall–Kier alpha value is -0.533. The lowest BCUT2D eigenvalue weighted by Crippen LogP contribution is -2.52. The fourth-order valence-corrected chi connectivity index (χ4v) is 4.11. The van der Waals surface area contributed by atoms with Crippen molar-refractivity contribution in [3.8, 4) is 0 Å². The molecule has 0 aliphatic heterocycles. The van der Waals surface area contributed by atoms with E-state index < -0.39 is 8.32 Å². The molecule has 0 rings (SSSR count). The molecule has 0 aliphatic rings. The van der Waals surface area contributed by atoms with Crippen LogP contribution >= 0.6 is 0 Å². The van der Waals surface area contributed by atoms with Crippen molar-refractivity contribution in [2.24, 2.45) is 11.8 Å². The van der Waals surface area contributed by atoms with Crippen LogP contribution in [-0.4, -0.2) is 53.4 Å². The van der Waals surface area contributed by atoms with Gasteiger partial charge in [0, 0.05) is 26.1 Å². The third-order valence-corrected chi connectivity index (χ3v) is 10.1. The molecule has 0 spiro atoms. The molecule has 0 unspecified atom stereocenters. The van der Waals surface area contributed by atoms with Crippen molar-refractivity contribution in [1.82, 2.24) is 0 Å². The number of rotatable bonds is 12. The molecule has 0 aromatic carbocycles. The standard InChI is InChI=1S/C20H40O5Si/c1-12-17(23-9)19(24-13-22-8)15(3)18(14(2)16(4)21)25-26(10,11)20(5,6)7/h12,14-15,17-19H,1,13H2,2-11H3/t14-,15+,17+,18+,19-/m1/s1. The Morgan fingerprint density at radius 3 is 2.04 bits per heavy atom. The summed E-state index contributed by atoms with van der Waals surface area (Å²) >= 11 is 0. The molecule has 6 heteroatoms. The van der Waals surface area contributed by atoms with Crippen molar-refractivity contribution in [3.05, 3.63) is 12.7 Å². The summed E-state index contributed by atoms with van der Waals surface area (Å²) in [6.45, 7) is 20.6. The Labute approximate surface area is 161 Å². The normalized spacial score (nSPS) is 18.7. The van der Waals surface area contributed by atoms with Gasteiger partial charge in [0.2, 0.25) is 0 Å². The van der Waals surface area contributed by atoms with Gasteiger partial charge in [0.25, 0.3) is 0 Å². The van der Waals surface area contributed by atoms with Gasteiger partial charge in [0.15, 0.2) is 8.32 Å². The molecule has 0 fully saturated rings. The van der Waals surface area contributed by atoms with Gasteiger partial charge < -0.3 is 18.6 Å². The average molecular weight is 389 g/mol. The Balaban J connectivity index is 5.82. The monoisotopic (exact) mass is 388 g/mol. The first-order valence-electron chi connectivity index (χ1n) is 9.28. The minimum atomic E-state index is -2.08. The highest BCUT2D eigenvalue weighted by atomic mass is 28.4. The van der Waals surface area contributed by atoms with Gasteiger partial charge in [-0.05, 0) is 25.1 Å². The van der Waals surface area contributed by atoms with E-state index in [1.54, 1.807) is 27.2 Å². The number of hydrogen-bond donors (Lipinski definition) is 0. The molecule has 26 heavy (non-hydrogen) atoms. The van der Waals surface area contributed by atoms with Crippen molar-refractivity contribution >= 4 is 14.1 Å². The second kappa shape index (κ2) is 10.7. The molecule has 154 valence electrons. The Bertz CT molecular complexity index is 444. The van der Waals surface area contributed by atoms with Gasteiger partial charge in [-0.3, -0.25) is 4.79 Å². The molecule has 0 aliphatic carbocycles. The second-order valence-corrected chi connectivity index (χ2v) is 13.3.